The van der Waals surface area contributed by atoms with Gasteiger partial charge >= 0.3 is 0 Å². The number of rotatable bonds is 8. The molecule has 1 aromatic heterocycles. The third kappa shape index (κ3) is 6.07. The summed E-state index contributed by atoms with van der Waals surface area (Å²) < 4.78 is 18.5. The van der Waals surface area contributed by atoms with Gasteiger partial charge in [-0.3, -0.25) is 4.79 Å². The van der Waals surface area contributed by atoms with E-state index in [2.05, 4.69) is 20.6 Å². The van der Waals surface area contributed by atoms with E-state index in [1.165, 1.54) is 12.1 Å². The average molecular weight is 366 g/mol. The molecule has 0 aliphatic rings. The van der Waals surface area contributed by atoms with Crippen LogP contribution in [-0.4, -0.2) is 22.5 Å². The molecular formula is C20H19FN4O2. The van der Waals surface area contributed by atoms with Crippen molar-refractivity contribution < 1.29 is 13.9 Å². The Morgan fingerprint density at radius 3 is 2.48 bits per heavy atom. The minimum atomic E-state index is -0.345. The Labute approximate surface area is 156 Å². The highest BCUT2D eigenvalue weighted by Gasteiger charge is 2.04. The van der Waals surface area contributed by atoms with Crippen LogP contribution < -0.4 is 15.4 Å². The third-order valence-electron chi connectivity index (χ3n) is 3.60. The van der Waals surface area contributed by atoms with Gasteiger partial charge < -0.3 is 15.4 Å². The highest BCUT2D eigenvalue weighted by atomic mass is 19.1. The quantitative estimate of drug-likeness (QED) is 0.586. The molecule has 0 saturated carbocycles. The molecule has 0 aliphatic heterocycles. The monoisotopic (exact) mass is 366 g/mol. The molecule has 7 heteroatoms. The molecule has 0 saturated heterocycles. The number of anilines is 3. The van der Waals surface area contributed by atoms with Crippen molar-refractivity contribution in [1.29, 1.82) is 0 Å². The van der Waals surface area contributed by atoms with Crippen LogP contribution in [0.25, 0.3) is 0 Å². The molecule has 0 atom stereocenters. The smallest absolute Gasteiger partial charge is 0.227 e. The van der Waals surface area contributed by atoms with E-state index < -0.39 is 0 Å². The number of hydrogen-bond acceptors (Lipinski definition) is 5. The van der Waals surface area contributed by atoms with Crippen molar-refractivity contribution in [3.63, 3.8) is 0 Å². The Kier molecular flexibility index (Phi) is 6.30. The molecule has 0 radical (unpaired) electrons. The van der Waals surface area contributed by atoms with Crippen molar-refractivity contribution in [2.45, 2.75) is 12.8 Å². The van der Waals surface area contributed by atoms with E-state index in [1.807, 2.05) is 12.1 Å². The van der Waals surface area contributed by atoms with Crippen molar-refractivity contribution in [3.8, 4) is 5.75 Å². The molecule has 2 aromatic carbocycles. The lowest BCUT2D eigenvalue weighted by atomic mass is 10.2. The lowest BCUT2D eigenvalue weighted by molar-refractivity contribution is -0.116. The van der Waals surface area contributed by atoms with Gasteiger partial charge in [-0.05, 0) is 48.9 Å². The zero-order chi connectivity index (χ0) is 18.9. The number of nitrogens with zero attached hydrogens (tertiary/aromatic N) is 2. The van der Waals surface area contributed by atoms with E-state index in [0.717, 1.165) is 5.69 Å². The zero-order valence-corrected chi connectivity index (χ0v) is 14.6. The van der Waals surface area contributed by atoms with E-state index in [1.54, 1.807) is 42.7 Å². The maximum atomic E-state index is 13.0. The predicted molar refractivity (Wildman–Crippen MR) is 102 cm³/mol. The molecule has 6 nitrogen and oxygen atoms in total. The SMILES string of the molecule is O=C(CCCOc1cccc(F)c1)Nc1ccc(Nc2ncccn2)cc1. The maximum absolute atomic E-state index is 13.0. The van der Waals surface area contributed by atoms with Gasteiger partial charge in [0, 0.05) is 36.3 Å². The fraction of sp³-hybridized carbons (Fsp3) is 0.150. The number of hydrogen-bond donors (Lipinski definition) is 2. The largest absolute Gasteiger partial charge is 0.493 e. The first-order valence-electron chi connectivity index (χ1n) is 8.51. The Bertz CT molecular complexity index is 873. The van der Waals surface area contributed by atoms with Crippen LogP contribution in [0.4, 0.5) is 21.7 Å². The number of nitrogens with one attached hydrogen (secondary N) is 2. The molecule has 0 bridgehead atoms. The molecule has 2 N–H and O–H groups in total. The van der Waals surface area contributed by atoms with Crippen LogP contribution in [0.1, 0.15) is 12.8 Å². The number of carbonyl (C=O) groups excluding carboxylic acids is 1. The minimum absolute atomic E-state index is 0.107. The zero-order valence-electron chi connectivity index (χ0n) is 14.6. The molecular weight excluding hydrogens is 347 g/mol. The van der Waals surface area contributed by atoms with E-state index in [9.17, 15) is 9.18 Å². The molecule has 3 rings (SSSR count). The summed E-state index contributed by atoms with van der Waals surface area (Å²) in [7, 11) is 0. The summed E-state index contributed by atoms with van der Waals surface area (Å²) in [6, 6.07) is 14.9. The van der Waals surface area contributed by atoms with Crippen molar-refractivity contribution in [2.75, 3.05) is 17.2 Å². The van der Waals surface area contributed by atoms with Gasteiger partial charge in [0.15, 0.2) is 0 Å². The van der Waals surface area contributed by atoms with Crippen LogP contribution in [0.3, 0.4) is 0 Å². The number of amides is 1. The molecule has 3 aromatic rings. The van der Waals surface area contributed by atoms with Gasteiger partial charge in [-0.1, -0.05) is 6.07 Å². The summed E-state index contributed by atoms with van der Waals surface area (Å²) in [5, 5.41) is 5.89. The molecule has 0 spiro atoms. The summed E-state index contributed by atoms with van der Waals surface area (Å²) >= 11 is 0. The first kappa shape index (κ1) is 18.3. The number of halogens is 1. The third-order valence-corrected chi connectivity index (χ3v) is 3.60. The number of aromatic nitrogens is 2. The van der Waals surface area contributed by atoms with Gasteiger partial charge in [0.2, 0.25) is 11.9 Å². The van der Waals surface area contributed by atoms with Gasteiger partial charge in [0.05, 0.1) is 6.61 Å². The van der Waals surface area contributed by atoms with Crippen molar-refractivity contribution in [3.05, 3.63) is 72.8 Å². The first-order chi connectivity index (χ1) is 13.2. The Morgan fingerprint density at radius 1 is 1.00 bits per heavy atom. The van der Waals surface area contributed by atoms with Crippen LogP contribution in [0.2, 0.25) is 0 Å². The van der Waals surface area contributed by atoms with Gasteiger partial charge in [-0.2, -0.15) is 0 Å². The van der Waals surface area contributed by atoms with Gasteiger partial charge in [-0.25, -0.2) is 14.4 Å². The van der Waals surface area contributed by atoms with Crippen LogP contribution in [0, 0.1) is 5.82 Å². The minimum Gasteiger partial charge on any atom is -0.493 e. The van der Waals surface area contributed by atoms with Crippen molar-refractivity contribution in [2.24, 2.45) is 0 Å². The standard InChI is InChI=1S/C20H19FN4O2/c21-15-4-1-5-18(14-15)27-13-2-6-19(26)24-16-7-9-17(10-8-16)25-20-22-11-3-12-23-20/h1,3-5,7-12,14H,2,6,13H2,(H,24,26)(H,22,23,25). The fourth-order valence-electron chi connectivity index (χ4n) is 2.33. The molecule has 0 unspecified atom stereocenters. The summed E-state index contributed by atoms with van der Waals surface area (Å²) in [5.41, 5.74) is 1.52. The maximum Gasteiger partial charge on any atom is 0.227 e. The average Bonchev–Trinajstić information content (AvgIpc) is 2.68. The number of ether oxygens (including phenoxy) is 1. The Hall–Kier alpha value is -3.48. The second-order valence-corrected chi connectivity index (χ2v) is 5.73. The molecule has 0 fully saturated rings. The summed E-state index contributed by atoms with van der Waals surface area (Å²) in [6.45, 7) is 0.344. The van der Waals surface area contributed by atoms with Crippen molar-refractivity contribution >= 4 is 23.2 Å². The lowest BCUT2D eigenvalue weighted by Crippen LogP contribution is -2.12. The summed E-state index contributed by atoms with van der Waals surface area (Å²) in [5.74, 6) is 0.514. The van der Waals surface area contributed by atoms with Crippen LogP contribution in [0.15, 0.2) is 67.0 Å². The highest BCUT2D eigenvalue weighted by Crippen LogP contribution is 2.17. The summed E-state index contributed by atoms with van der Waals surface area (Å²) in [6.07, 6.45) is 4.16. The number of benzene rings is 2. The topological polar surface area (TPSA) is 76.1 Å². The molecule has 1 amide bonds. The molecule has 0 aliphatic carbocycles. The van der Waals surface area contributed by atoms with Gasteiger partial charge in [-0.15, -0.1) is 0 Å². The Balaban J connectivity index is 1.40. The molecule has 27 heavy (non-hydrogen) atoms. The molecule has 138 valence electrons. The van der Waals surface area contributed by atoms with E-state index >= 15 is 0 Å². The highest BCUT2D eigenvalue weighted by molar-refractivity contribution is 5.90. The lowest BCUT2D eigenvalue weighted by Gasteiger charge is -2.08. The molecule has 1 heterocycles. The van der Waals surface area contributed by atoms with E-state index in [-0.39, 0.29) is 11.7 Å². The van der Waals surface area contributed by atoms with E-state index in [0.29, 0.717) is 36.8 Å². The number of carbonyl (C=O) groups is 1. The normalized spacial score (nSPS) is 10.3. The van der Waals surface area contributed by atoms with Gasteiger partial charge in [0.25, 0.3) is 0 Å². The van der Waals surface area contributed by atoms with Crippen LogP contribution in [-0.2, 0) is 4.79 Å². The van der Waals surface area contributed by atoms with Crippen LogP contribution >= 0.6 is 0 Å². The van der Waals surface area contributed by atoms with Crippen LogP contribution in [0.5, 0.6) is 5.75 Å². The van der Waals surface area contributed by atoms with E-state index in [4.69, 9.17) is 4.74 Å². The fourth-order valence-corrected chi connectivity index (χ4v) is 2.33. The predicted octanol–water partition coefficient (Wildman–Crippen LogP) is 4.16. The summed E-state index contributed by atoms with van der Waals surface area (Å²) in [4.78, 5) is 20.2. The van der Waals surface area contributed by atoms with Crippen molar-refractivity contribution in [1.82, 2.24) is 9.97 Å². The second kappa shape index (κ2) is 9.28. The second-order valence-electron chi connectivity index (χ2n) is 5.73. The first-order valence-corrected chi connectivity index (χ1v) is 8.51. The Morgan fingerprint density at radius 2 is 1.74 bits per heavy atom. The van der Waals surface area contributed by atoms with Gasteiger partial charge in [0.1, 0.15) is 11.6 Å².